The molecule has 0 spiro atoms. The van der Waals surface area contributed by atoms with Crippen LogP contribution < -0.4 is 20.5 Å². The number of hydrogen-bond acceptors (Lipinski definition) is 3. The van der Waals surface area contributed by atoms with E-state index in [1.165, 1.54) is 5.56 Å². The van der Waals surface area contributed by atoms with Crippen LogP contribution in [-0.2, 0) is 0 Å². The van der Waals surface area contributed by atoms with E-state index in [0.717, 1.165) is 17.1 Å². The monoisotopic (exact) mass is 345 g/mol. The fraction of sp³-hybridized carbons (Fsp3) is 0.278. The van der Waals surface area contributed by atoms with Gasteiger partial charge in [0, 0.05) is 17.0 Å². The summed E-state index contributed by atoms with van der Waals surface area (Å²) in [5.74, 6) is 2.12. The summed E-state index contributed by atoms with van der Waals surface area (Å²) in [6.45, 7) is 0. The van der Waals surface area contributed by atoms with Crippen molar-refractivity contribution in [2.45, 2.75) is 18.4 Å². The van der Waals surface area contributed by atoms with E-state index in [2.05, 4.69) is 16.4 Å². The number of rotatable bonds is 5. The number of ether oxygens (including phenoxy) is 2. The molecule has 3 rings (SSSR count). The van der Waals surface area contributed by atoms with Crippen LogP contribution in [0.4, 0.5) is 5.69 Å². The van der Waals surface area contributed by atoms with Gasteiger partial charge < -0.3 is 20.5 Å². The van der Waals surface area contributed by atoms with Crippen LogP contribution in [0, 0.1) is 0 Å². The summed E-state index contributed by atoms with van der Waals surface area (Å²) in [6.07, 6.45) is 0.970. The minimum atomic E-state index is 0.174. The molecule has 126 valence electrons. The van der Waals surface area contributed by atoms with Crippen LogP contribution in [0.25, 0.3) is 0 Å². The van der Waals surface area contributed by atoms with Crippen molar-refractivity contribution >= 4 is 23.2 Å². The summed E-state index contributed by atoms with van der Waals surface area (Å²) in [6, 6.07) is 13.5. The second-order valence-corrected chi connectivity index (χ2v) is 6.11. The van der Waals surface area contributed by atoms with E-state index in [1.54, 1.807) is 14.2 Å². The van der Waals surface area contributed by atoms with Gasteiger partial charge in [-0.15, -0.1) is 0 Å². The molecule has 0 unspecified atom stereocenters. The van der Waals surface area contributed by atoms with E-state index in [-0.39, 0.29) is 6.04 Å². The van der Waals surface area contributed by atoms with Crippen molar-refractivity contribution in [1.82, 2.24) is 0 Å². The van der Waals surface area contributed by atoms with Gasteiger partial charge in [-0.3, -0.25) is 0 Å². The predicted molar refractivity (Wildman–Crippen MR) is 97.4 cm³/mol. The Morgan fingerprint density at radius 3 is 2.75 bits per heavy atom. The van der Waals surface area contributed by atoms with Crippen LogP contribution in [0.5, 0.6) is 11.5 Å². The van der Waals surface area contributed by atoms with Crippen molar-refractivity contribution < 1.29 is 9.47 Å². The first-order valence-corrected chi connectivity index (χ1v) is 8.06. The molecule has 24 heavy (non-hydrogen) atoms. The molecular weight excluding hydrogens is 326 g/mol. The third-order valence-corrected chi connectivity index (χ3v) is 4.24. The fourth-order valence-corrected chi connectivity index (χ4v) is 2.88. The van der Waals surface area contributed by atoms with Crippen LogP contribution >= 0.6 is 11.6 Å². The molecule has 0 saturated heterocycles. The number of halogens is 1. The van der Waals surface area contributed by atoms with Gasteiger partial charge in [0.25, 0.3) is 0 Å². The highest BCUT2D eigenvalue weighted by atomic mass is 35.5. The van der Waals surface area contributed by atoms with E-state index >= 15 is 0 Å². The first-order chi connectivity index (χ1) is 11.6. The summed E-state index contributed by atoms with van der Waals surface area (Å²) in [7, 11) is 3.22. The lowest BCUT2D eigenvalue weighted by molar-refractivity contribution is 0.405. The highest BCUT2D eigenvalue weighted by Crippen LogP contribution is 2.44. The molecule has 0 bridgehead atoms. The van der Waals surface area contributed by atoms with Crippen molar-refractivity contribution in [1.29, 1.82) is 0 Å². The molecule has 3 N–H and O–H groups in total. The van der Waals surface area contributed by atoms with E-state index in [9.17, 15) is 0 Å². The predicted octanol–water partition coefficient (Wildman–Crippen LogP) is 3.64. The molecule has 0 aliphatic heterocycles. The average Bonchev–Trinajstić information content (AvgIpc) is 3.33. The van der Waals surface area contributed by atoms with Gasteiger partial charge in [-0.2, -0.15) is 0 Å². The van der Waals surface area contributed by atoms with Gasteiger partial charge in [-0.1, -0.05) is 23.7 Å². The Balaban J connectivity index is 1.70. The fourth-order valence-electron chi connectivity index (χ4n) is 2.68. The van der Waals surface area contributed by atoms with Crippen LogP contribution in [0.1, 0.15) is 17.9 Å². The number of anilines is 1. The molecule has 2 aromatic rings. The van der Waals surface area contributed by atoms with Crippen LogP contribution in [0.15, 0.2) is 47.5 Å². The minimum Gasteiger partial charge on any atom is -0.497 e. The Bertz CT molecular complexity index is 764. The standard InChI is InChI=1S/C18H20ClN3O2/c1-23-13-6-7-17(24-2)16(9-13)22-18(20)21-15-10-14(15)11-4-3-5-12(19)8-11/h3-9,14-15H,10H2,1-2H3,(H3,20,21,22)/t14-,15+/m0/s1. The lowest BCUT2D eigenvalue weighted by Crippen LogP contribution is -2.23. The molecule has 0 radical (unpaired) electrons. The van der Waals surface area contributed by atoms with Crippen molar-refractivity contribution in [2.24, 2.45) is 10.7 Å². The van der Waals surface area contributed by atoms with Gasteiger partial charge >= 0.3 is 0 Å². The second kappa shape index (κ2) is 7.01. The van der Waals surface area contributed by atoms with Crippen LogP contribution in [-0.4, -0.2) is 26.2 Å². The first-order valence-electron chi connectivity index (χ1n) is 7.68. The number of guanidine groups is 1. The Labute approximate surface area is 146 Å². The number of methoxy groups -OCH3 is 2. The third-order valence-electron chi connectivity index (χ3n) is 4.01. The van der Waals surface area contributed by atoms with E-state index in [1.807, 2.05) is 36.4 Å². The minimum absolute atomic E-state index is 0.174. The van der Waals surface area contributed by atoms with Gasteiger partial charge in [0.1, 0.15) is 11.5 Å². The summed E-state index contributed by atoms with van der Waals surface area (Å²) >= 11 is 6.04. The molecule has 2 atom stereocenters. The van der Waals surface area contributed by atoms with Crippen molar-refractivity contribution in [3.8, 4) is 11.5 Å². The van der Waals surface area contributed by atoms with Gasteiger partial charge in [0.2, 0.25) is 0 Å². The molecule has 0 amide bonds. The zero-order valence-electron chi connectivity index (χ0n) is 13.6. The van der Waals surface area contributed by atoms with Gasteiger partial charge in [0.05, 0.1) is 25.9 Å². The Morgan fingerprint density at radius 2 is 2.04 bits per heavy atom. The molecule has 1 aliphatic rings. The van der Waals surface area contributed by atoms with Gasteiger partial charge in [-0.25, -0.2) is 4.99 Å². The van der Waals surface area contributed by atoms with E-state index in [0.29, 0.717) is 23.4 Å². The van der Waals surface area contributed by atoms with Gasteiger partial charge in [0.15, 0.2) is 5.96 Å². The quantitative estimate of drug-likeness (QED) is 0.641. The summed E-state index contributed by atoms with van der Waals surface area (Å²) < 4.78 is 10.6. The molecule has 1 fully saturated rings. The molecule has 6 heteroatoms. The number of nitrogens with one attached hydrogen (secondary N) is 1. The number of hydrogen-bond donors (Lipinski definition) is 2. The number of nitrogens with zero attached hydrogens (tertiary/aromatic N) is 1. The van der Waals surface area contributed by atoms with Gasteiger partial charge in [-0.05, 0) is 36.2 Å². The van der Waals surface area contributed by atoms with E-state index in [4.69, 9.17) is 26.8 Å². The maximum atomic E-state index is 6.05. The highest BCUT2D eigenvalue weighted by Gasteiger charge is 2.38. The van der Waals surface area contributed by atoms with Crippen molar-refractivity contribution in [3.05, 3.63) is 53.1 Å². The molecule has 1 aliphatic carbocycles. The van der Waals surface area contributed by atoms with Crippen molar-refractivity contribution in [3.63, 3.8) is 0 Å². The topological polar surface area (TPSA) is 68.9 Å². The summed E-state index contributed by atoms with van der Waals surface area (Å²) in [5.41, 5.74) is 7.97. The average molecular weight is 346 g/mol. The Hall–Kier alpha value is -2.40. The first kappa shape index (κ1) is 16.5. The molecule has 1 saturated carbocycles. The SMILES string of the molecule is COc1ccc(OC)c(NC(N)=N[C@@H]2C[C@H]2c2cccc(Cl)c2)c1. The number of nitrogens with two attached hydrogens (primary N) is 1. The lowest BCUT2D eigenvalue weighted by atomic mass is 10.1. The van der Waals surface area contributed by atoms with Crippen LogP contribution in [0.3, 0.4) is 0 Å². The Morgan fingerprint density at radius 1 is 1.21 bits per heavy atom. The van der Waals surface area contributed by atoms with E-state index < -0.39 is 0 Å². The Kier molecular flexibility index (Phi) is 4.81. The molecule has 0 aromatic heterocycles. The molecule has 0 heterocycles. The second-order valence-electron chi connectivity index (χ2n) is 5.67. The van der Waals surface area contributed by atoms with Crippen molar-refractivity contribution in [2.75, 3.05) is 19.5 Å². The zero-order chi connectivity index (χ0) is 17.1. The largest absolute Gasteiger partial charge is 0.497 e. The maximum absolute atomic E-state index is 6.05. The van der Waals surface area contributed by atoms with Crippen LogP contribution in [0.2, 0.25) is 5.02 Å². The smallest absolute Gasteiger partial charge is 0.193 e. The number of benzene rings is 2. The number of aliphatic imine (C=N–C) groups is 1. The maximum Gasteiger partial charge on any atom is 0.193 e. The normalized spacial score (nSPS) is 19.7. The summed E-state index contributed by atoms with van der Waals surface area (Å²) in [4.78, 5) is 4.55. The zero-order valence-corrected chi connectivity index (χ0v) is 14.4. The third kappa shape index (κ3) is 3.74. The molecule has 2 aromatic carbocycles. The summed E-state index contributed by atoms with van der Waals surface area (Å²) in [5, 5.41) is 3.83. The molecular formula is C18H20ClN3O2. The lowest BCUT2D eigenvalue weighted by Gasteiger charge is -2.12. The molecule has 5 nitrogen and oxygen atoms in total. The highest BCUT2D eigenvalue weighted by molar-refractivity contribution is 6.30.